The van der Waals surface area contributed by atoms with Gasteiger partial charge in [0.15, 0.2) is 0 Å². The van der Waals surface area contributed by atoms with Gasteiger partial charge in [-0.1, -0.05) is 6.92 Å². The van der Waals surface area contributed by atoms with Crippen molar-refractivity contribution in [1.29, 1.82) is 0 Å². The summed E-state index contributed by atoms with van der Waals surface area (Å²) in [5, 5.41) is 2.63. The maximum absolute atomic E-state index is 12.5. The molecule has 0 fully saturated rings. The van der Waals surface area contributed by atoms with Crippen molar-refractivity contribution < 1.29 is 17.9 Å². The summed E-state index contributed by atoms with van der Waals surface area (Å²) in [5.74, 6) is -0.201. The largest absolute Gasteiger partial charge is 0.495 e. The molecule has 0 aromatic heterocycles. The summed E-state index contributed by atoms with van der Waals surface area (Å²) in [5.41, 5.74) is 6.00. The summed E-state index contributed by atoms with van der Waals surface area (Å²) in [4.78, 5) is 11.6. The van der Waals surface area contributed by atoms with Gasteiger partial charge in [0.1, 0.15) is 10.6 Å². The van der Waals surface area contributed by atoms with Gasteiger partial charge >= 0.3 is 0 Å². The van der Waals surface area contributed by atoms with Gasteiger partial charge < -0.3 is 15.8 Å². The number of amides is 1. The summed E-state index contributed by atoms with van der Waals surface area (Å²) in [6.45, 7) is 2.17. The Morgan fingerprint density at radius 1 is 1.43 bits per heavy atom. The van der Waals surface area contributed by atoms with E-state index in [-0.39, 0.29) is 23.1 Å². The van der Waals surface area contributed by atoms with Gasteiger partial charge in [-0.15, -0.1) is 0 Å². The van der Waals surface area contributed by atoms with Crippen LogP contribution < -0.4 is 15.8 Å². The lowest BCUT2D eigenvalue weighted by Crippen LogP contribution is -2.38. The van der Waals surface area contributed by atoms with E-state index in [1.54, 1.807) is 0 Å². The van der Waals surface area contributed by atoms with E-state index in [1.807, 2.05) is 6.92 Å². The molecule has 0 aliphatic carbocycles. The second-order valence-corrected chi connectivity index (χ2v) is 6.53. The van der Waals surface area contributed by atoms with Crippen molar-refractivity contribution in [2.24, 2.45) is 0 Å². The minimum absolute atomic E-state index is 0.0232. The van der Waals surface area contributed by atoms with Crippen LogP contribution in [0.3, 0.4) is 0 Å². The van der Waals surface area contributed by atoms with E-state index in [9.17, 15) is 13.2 Å². The summed E-state index contributed by atoms with van der Waals surface area (Å²) in [6.07, 6.45) is 0.786. The molecule has 1 aromatic rings. The number of nitrogens with two attached hydrogens (primary N) is 1. The molecule has 0 saturated carbocycles. The molecule has 0 unspecified atom stereocenters. The number of nitrogen functional groups attached to an aromatic ring is 1. The molecular formula is C13H21N3O4S. The van der Waals surface area contributed by atoms with E-state index in [2.05, 4.69) is 5.32 Å². The Balaban J connectivity index is 2.97. The van der Waals surface area contributed by atoms with Crippen molar-refractivity contribution in [3.63, 3.8) is 0 Å². The number of hydrogen-bond donors (Lipinski definition) is 2. The van der Waals surface area contributed by atoms with Crippen LogP contribution in [0.4, 0.5) is 5.69 Å². The highest BCUT2D eigenvalue weighted by molar-refractivity contribution is 7.89. The number of carbonyl (C=O) groups is 1. The first-order chi connectivity index (χ1) is 9.82. The van der Waals surface area contributed by atoms with Crippen LogP contribution >= 0.6 is 0 Å². The Bertz CT molecular complexity index is 601. The molecule has 1 amide bonds. The van der Waals surface area contributed by atoms with E-state index in [0.29, 0.717) is 12.2 Å². The molecule has 0 spiro atoms. The van der Waals surface area contributed by atoms with Crippen molar-refractivity contribution >= 4 is 21.6 Å². The van der Waals surface area contributed by atoms with E-state index in [4.69, 9.17) is 10.5 Å². The first-order valence-electron chi connectivity index (χ1n) is 6.49. The van der Waals surface area contributed by atoms with Crippen LogP contribution in [0.5, 0.6) is 5.75 Å². The van der Waals surface area contributed by atoms with Crippen molar-refractivity contribution in [3.8, 4) is 5.75 Å². The lowest BCUT2D eigenvalue weighted by molar-refractivity contribution is -0.121. The number of methoxy groups -OCH3 is 1. The first kappa shape index (κ1) is 17.3. The highest BCUT2D eigenvalue weighted by Gasteiger charge is 2.26. The standard InChI is InChI=1S/C13H21N3O4S/c1-4-7-15-13(17)9-16(2)21(18,19)12-6-5-10(14)8-11(12)20-3/h5-6,8H,4,7,9,14H2,1-3H3,(H,15,17). The van der Waals surface area contributed by atoms with Crippen LogP contribution in [-0.2, 0) is 14.8 Å². The van der Waals surface area contributed by atoms with Crippen molar-refractivity contribution in [3.05, 3.63) is 18.2 Å². The predicted octanol–water partition coefficient (Wildman–Crippen LogP) is 0.424. The second-order valence-electron chi connectivity index (χ2n) is 4.52. The van der Waals surface area contributed by atoms with Crippen molar-refractivity contribution in [2.75, 3.05) is 33.0 Å². The minimum atomic E-state index is -3.83. The molecule has 1 rings (SSSR count). The third kappa shape index (κ3) is 4.33. The SMILES string of the molecule is CCCNC(=O)CN(C)S(=O)(=O)c1ccc(N)cc1OC. The van der Waals surface area contributed by atoms with Crippen LogP contribution in [0.1, 0.15) is 13.3 Å². The second kappa shape index (κ2) is 7.28. The average molecular weight is 315 g/mol. The number of sulfonamides is 1. The molecule has 0 aliphatic rings. The molecule has 7 nitrogen and oxygen atoms in total. The summed E-state index contributed by atoms with van der Waals surface area (Å²) >= 11 is 0. The Morgan fingerprint density at radius 3 is 2.67 bits per heavy atom. The first-order valence-corrected chi connectivity index (χ1v) is 7.93. The Kier molecular flexibility index (Phi) is 5.98. The summed E-state index contributed by atoms with van der Waals surface area (Å²) in [7, 11) is -1.12. The third-order valence-electron chi connectivity index (χ3n) is 2.81. The topological polar surface area (TPSA) is 102 Å². The average Bonchev–Trinajstić information content (AvgIpc) is 2.44. The van der Waals surface area contributed by atoms with Crippen LogP contribution in [0.2, 0.25) is 0 Å². The molecular weight excluding hydrogens is 294 g/mol. The van der Waals surface area contributed by atoms with Crippen LogP contribution in [0.15, 0.2) is 23.1 Å². The fourth-order valence-corrected chi connectivity index (χ4v) is 2.93. The number of benzene rings is 1. The molecule has 118 valence electrons. The smallest absolute Gasteiger partial charge is 0.246 e. The number of carbonyl (C=O) groups excluding carboxylic acids is 1. The number of hydrogen-bond acceptors (Lipinski definition) is 5. The molecule has 1 aromatic carbocycles. The molecule has 8 heteroatoms. The zero-order valence-electron chi connectivity index (χ0n) is 12.4. The van der Waals surface area contributed by atoms with Gasteiger partial charge in [-0.25, -0.2) is 8.42 Å². The molecule has 3 N–H and O–H groups in total. The van der Waals surface area contributed by atoms with Gasteiger partial charge in [-0.3, -0.25) is 4.79 Å². The van der Waals surface area contributed by atoms with Gasteiger partial charge in [0.25, 0.3) is 0 Å². The third-order valence-corrected chi connectivity index (χ3v) is 4.66. The number of nitrogens with one attached hydrogen (secondary N) is 1. The fourth-order valence-electron chi connectivity index (χ4n) is 1.67. The van der Waals surface area contributed by atoms with Crippen LogP contribution in [0, 0.1) is 0 Å². The lowest BCUT2D eigenvalue weighted by atomic mass is 10.3. The van der Waals surface area contributed by atoms with Gasteiger partial charge in [0, 0.05) is 25.3 Å². The Morgan fingerprint density at radius 2 is 2.10 bits per heavy atom. The highest BCUT2D eigenvalue weighted by Crippen LogP contribution is 2.28. The number of rotatable bonds is 7. The van der Waals surface area contributed by atoms with Gasteiger partial charge in [0.2, 0.25) is 15.9 Å². The summed E-state index contributed by atoms with van der Waals surface area (Å²) in [6, 6.07) is 4.27. The van der Waals surface area contributed by atoms with Crippen molar-refractivity contribution in [2.45, 2.75) is 18.2 Å². The maximum Gasteiger partial charge on any atom is 0.246 e. The fraction of sp³-hybridized carbons (Fsp3) is 0.462. The highest BCUT2D eigenvalue weighted by atomic mass is 32.2. The molecule has 0 radical (unpaired) electrons. The van der Waals surface area contributed by atoms with Crippen molar-refractivity contribution in [1.82, 2.24) is 9.62 Å². The predicted molar refractivity (Wildman–Crippen MR) is 80.5 cm³/mol. The van der Waals surface area contributed by atoms with E-state index in [1.165, 1.54) is 32.4 Å². The van der Waals surface area contributed by atoms with Gasteiger partial charge in [0.05, 0.1) is 13.7 Å². The molecule has 0 saturated heterocycles. The molecule has 0 heterocycles. The van der Waals surface area contributed by atoms with Crippen LogP contribution in [-0.4, -0.2) is 45.9 Å². The number of nitrogens with zero attached hydrogens (tertiary/aromatic N) is 1. The minimum Gasteiger partial charge on any atom is -0.495 e. The molecule has 0 bridgehead atoms. The lowest BCUT2D eigenvalue weighted by Gasteiger charge is -2.18. The zero-order valence-corrected chi connectivity index (χ0v) is 13.2. The maximum atomic E-state index is 12.5. The number of anilines is 1. The molecule has 21 heavy (non-hydrogen) atoms. The van der Waals surface area contributed by atoms with E-state index < -0.39 is 10.0 Å². The monoisotopic (exact) mass is 315 g/mol. The van der Waals surface area contributed by atoms with E-state index >= 15 is 0 Å². The normalized spacial score (nSPS) is 11.4. The van der Waals surface area contributed by atoms with Gasteiger partial charge in [-0.2, -0.15) is 4.31 Å². The summed E-state index contributed by atoms with van der Waals surface area (Å²) < 4.78 is 30.9. The molecule has 0 aliphatic heterocycles. The Labute approximate surface area is 125 Å². The molecule has 0 atom stereocenters. The van der Waals surface area contributed by atoms with Crippen LogP contribution in [0.25, 0.3) is 0 Å². The number of ether oxygens (including phenoxy) is 1. The van der Waals surface area contributed by atoms with E-state index in [0.717, 1.165) is 10.7 Å². The zero-order chi connectivity index (χ0) is 16.0. The Hall–Kier alpha value is -1.80. The van der Waals surface area contributed by atoms with Gasteiger partial charge in [-0.05, 0) is 18.6 Å². The number of likely N-dealkylation sites (N-methyl/N-ethyl adjacent to an activating group) is 1. The quantitative estimate of drug-likeness (QED) is 0.710.